The van der Waals surface area contributed by atoms with Gasteiger partial charge in [-0.25, -0.2) is 0 Å². The van der Waals surface area contributed by atoms with E-state index < -0.39 is 5.91 Å². The fourth-order valence-corrected chi connectivity index (χ4v) is 2.61. The van der Waals surface area contributed by atoms with E-state index >= 15 is 0 Å². The average Bonchev–Trinajstić information content (AvgIpc) is 2.61. The summed E-state index contributed by atoms with van der Waals surface area (Å²) in [6.45, 7) is 0.683. The third-order valence-corrected chi connectivity index (χ3v) is 3.72. The van der Waals surface area contributed by atoms with Crippen molar-refractivity contribution in [1.29, 1.82) is 0 Å². The number of carbonyl (C=O) groups is 1. The number of anilines is 1. The van der Waals surface area contributed by atoms with Crippen LogP contribution in [0.15, 0.2) is 78.9 Å². The lowest BCUT2D eigenvalue weighted by Crippen LogP contribution is -2.13. The molecule has 3 aromatic rings. The Labute approximate surface area is 135 Å². The highest BCUT2D eigenvalue weighted by molar-refractivity contribution is 6.03. The minimum absolute atomic E-state index is 0.424. The summed E-state index contributed by atoms with van der Waals surface area (Å²) in [7, 11) is 0. The van der Waals surface area contributed by atoms with Crippen LogP contribution >= 0.6 is 0 Å². The molecule has 0 aliphatic carbocycles. The van der Waals surface area contributed by atoms with Crippen LogP contribution in [-0.2, 0) is 6.54 Å². The van der Waals surface area contributed by atoms with Crippen molar-refractivity contribution in [3.8, 4) is 11.1 Å². The second kappa shape index (κ2) is 6.79. The van der Waals surface area contributed by atoms with E-state index in [0.29, 0.717) is 12.1 Å². The first-order chi connectivity index (χ1) is 11.3. The maximum Gasteiger partial charge on any atom is 0.249 e. The van der Waals surface area contributed by atoms with Crippen molar-refractivity contribution in [3.63, 3.8) is 0 Å². The Morgan fingerprint density at radius 2 is 1.48 bits per heavy atom. The van der Waals surface area contributed by atoms with Crippen LogP contribution in [0.25, 0.3) is 11.1 Å². The molecule has 0 atom stereocenters. The standard InChI is InChI=1S/C20H18N2O/c21-20(23)17-12-7-13-18(19(17)16-10-5-2-6-11-16)22-14-15-8-3-1-4-9-15/h1-13,22H,14H2,(H2,21,23). The Bertz CT molecular complexity index is 798. The van der Waals surface area contributed by atoms with Crippen LogP contribution in [-0.4, -0.2) is 5.91 Å². The van der Waals surface area contributed by atoms with Gasteiger partial charge in [-0.05, 0) is 23.3 Å². The molecule has 0 aromatic heterocycles. The van der Waals surface area contributed by atoms with Crippen LogP contribution in [0, 0.1) is 0 Å². The second-order valence-electron chi connectivity index (χ2n) is 5.30. The molecule has 0 saturated carbocycles. The molecule has 3 heteroatoms. The summed E-state index contributed by atoms with van der Waals surface area (Å²) in [6.07, 6.45) is 0. The Kier molecular flexibility index (Phi) is 4.39. The molecular weight excluding hydrogens is 284 g/mol. The first kappa shape index (κ1) is 14.9. The summed E-state index contributed by atoms with van der Waals surface area (Å²) in [5.74, 6) is -0.424. The predicted molar refractivity (Wildman–Crippen MR) is 94.2 cm³/mol. The molecule has 3 aromatic carbocycles. The van der Waals surface area contributed by atoms with Crippen molar-refractivity contribution in [2.45, 2.75) is 6.54 Å². The van der Waals surface area contributed by atoms with E-state index in [4.69, 9.17) is 5.73 Å². The monoisotopic (exact) mass is 302 g/mol. The summed E-state index contributed by atoms with van der Waals surface area (Å²) in [6, 6.07) is 25.5. The first-order valence-electron chi connectivity index (χ1n) is 7.52. The highest BCUT2D eigenvalue weighted by atomic mass is 16.1. The maximum absolute atomic E-state index is 11.8. The van der Waals surface area contributed by atoms with Crippen molar-refractivity contribution in [2.75, 3.05) is 5.32 Å². The predicted octanol–water partition coefficient (Wildman–Crippen LogP) is 4.06. The molecule has 3 N–H and O–H groups in total. The zero-order chi connectivity index (χ0) is 16.1. The number of nitrogens with one attached hydrogen (secondary N) is 1. The van der Waals surface area contributed by atoms with E-state index in [1.165, 1.54) is 5.56 Å². The Morgan fingerprint density at radius 1 is 0.826 bits per heavy atom. The van der Waals surface area contributed by atoms with E-state index in [-0.39, 0.29) is 0 Å². The fraction of sp³-hybridized carbons (Fsp3) is 0.0500. The van der Waals surface area contributed by atoms with Gasteiger partial charge in [0.15, 0.2) is 0 Å². The van der Waals surface area contributed by atoms with Crippen molar-refractivity contribution in [1.82, 2.24) is 0 Å². The summed E-state index contributed by atoms with van der Waals surface area (Å²) >= 11 is 0. The van der Waals surface area contributed by atoms with Crippen LogP contribution in [0.3, 0.4) is 0 Å². The summed E-state index contributed by atoms with van der Waals surface area (Å²) in [5.41, 5.74) is 9.97. The molecule has 0 spiro atoms. The van der Waals surface area contributed by atoms with Crippen molar-refractivity contribution in [2.24, 2.45) is 5.73 Å². The van der Waals surface area contributed by atoms with E-state index in [1.54, 1.807) is 6.07 Å². The molecule has 0 radical (unpaired) electrons. The second-order valence-corrected chi connectivity index (χ2v) is 5.30. The molecule has 3 rings (SSSR count). The molecule has 114 valence electrons. The number of hydrogen-bond acceptors (Lipinski definition) is 2. The lowest BCUT2D eigenvalue weighted by Gasteiger charge is -2.15. The number of hydrogen-bond donors (Lipinski definition) is 2. The van der Waals surface area contributed by atoms with Gasteiger partial charge in [0.1, 0.15) is 0 Å². The van der Waals surface area contributed by atoms with Crippen LogP contribution in [0.4, 0.5) is 5.69 Å². The zero-order valence-electron chi connectivity index (χ0n) is 12.7. The van der Waals surface area contributed by atoms with Crippen molar-refractivity contribution in [3.05, 3.63) is 90.0 Å². The van der Waals surface area contributed by atoms with Gasteiger partial charge < -0.3 is 11.1 Å². The minimum Gasteiger partial charge on any atom is -0.380 e. The molecule has 0 bridgehead atoms. The number of rotatable bonds is 5. The van der Waals surface area contributed by atoms with Gasteiger partial charge in [-0.2, -0.15) is 0 Å². The van der Waals surface area contributed by atoms with E-state index in [9.17, 15) is 4.79 Å². The SMILES string of the molecule is NC(=O)c1cccc(NCc2ccccc2)c1-c1ccccc1. The van der Waals surface area contributed by atoms with Crippen LogP contribution in [0.5, 0.6) is 0 Å². The largest absolute Gasteiger partial charge is 0.380 e. The lowest BCUT2D eigenvalue weighted by atomic mass is 9.97. The number of amides is 1. The summed E-state index contributed by atoms with van der Waals surface area (Å²) < 4.78 is 0. The van der Waals surface area contributed by atoms with E-state index in [1.807, 2.05) is 60.7 Å². The molecule has 3 nitrogen and oxygen atoms in total. The first-order valence-corrected chi connectivity index (χ1v) is 7.52. The number of benzene rings is 3. The lowest BCUT2D eigenvalue weighted by molar-refractivity contribution is 0.100. The zero-order valence-corrected chi connectivity index (χ0v) is 12.7. The minimum atomic E-state index is -0.424. The third kappa shape index (κ3) is 3.40. The number of primary amides is 1. The van der Waals surface area contributed by atoms with Gasteiger partial charge in [0.2, 0.25) is 5.91 Å². The molecule has 0 heterocycles. The Morgan fingerprint density at radius 3 is 2.13 bits per heavy atom. The summed E-state index contributed by atoms with van der Waals surface area (Å²) in [4.78, 5) is 11.8. The van der Waals surface area contributed by atoms with Gasteiger partial charge in [-0.3, -0.25) is 4.79 Å². The van der Waals surface area contributed by atoms with E-state index in [2.05, 4.69) is 17.4 Å². The molecule has 0 aliphatic heterocycles. The quantitative estimate of drug-likeness (QED) is 0.746. The van der Waals surface area contributed by atoms with Gasteiger partial charge in [0.05, 0.1) is 0 Å². The van der Waals surface area contributed by atoms with Gasteiger partial charge in [0.25, 0.3) is 0 Å². The highest BCUT2D eigenvalue weighted by Gasteiger charge is 2.14. The van der Waals surface area contributed by atoms with Crippen LogP contribution in [0.1, 0.15) is 15.9 Å². The molecule has 0 saturated heterocycles. The molecule has 0 aliphatic rings. The normalized spacial score (nSPS) is 10.3. The average molecular weight is 302 g/mol. The highest BCUT2D eigenvalue weighted by Crippen LogP contribution is 2.31. The van der Waals surface area contributed by atoms with Gasteiger partial charge in [-0.1, -0.05) is 66.7 Å². The molecule has 1 amide bonds. The Hall–Kier alpha value is -3.07. The van der Waals surface area contributed by atoms with Gasteiger partial charge in [-0.15, -0.1) is 0 Å². The molecule has 0 fully saturated rings. The number of carbonyl (C=O) groups excluding carboxylic acids is 1. The van der Waals surface area contributed by atoms with Gasteiger partial charge >= 0.3 is 0 Å². The number of nitrogens with two attached hydrogens (primary N) is 1. The van der Waals surface area contributed by atoms with Crippen LogP contribution in [0.2, 0.25) is 0 Å². The van der Waals surface area contributed by atoms with Crippen LogP contribution < -0.4 is 11.1 Å². The summed E-state index contributed by atoms with van der Waals surface area (Å²) in [5, 5.41) is 3.42. The van der Waals surface area contributed by atoms with Crippen molar-refractivity contribution >= 4 is 11.6 Å². The molecule has 23 heavy (non-hydrogen) atoms. The smallest absolute Gasteiger partial charge is 0.249 e. The fourth-order valence-electron chi connectivity index (χ4n) is 2.61. The van der Waals surface area contributed by atoms with Gasteiger partial charge in [0, 0.05) is 23.4 Å². The maximum atomic E-state index is 11.8. The molecule has 0 unspecified atom stereocenters. The molecular formula is C20H18N2O. The van der Waals surface area contributed by atoms with E-state index in [0.717, 1.165) is 16.8 Å². The Balaban J connectivity index is 1.99. The third-order valence-electron chi connectivity index (χ3n) is 3.72. The van der Waals surface area contributed by atoms with Crippen molar-refractivity contribution < 1.29 is 4.79 Å². The topological polar surface area (TPSA) is 55.1 Å².